The van der Waals surface area contributed by atoms with Crippen LogP contribution in [-0.4, -0.2) is 53.7 Å². The van der Waals surface area contributed by atoms with E-state index in [1.54, 1.807) is 6.07 Å². The standard InChI is InChI=1S/C25H32N2O4/c1-25(20-9-6-10-22(28)15-20)11-12-27(2)17-21(25)13-19(18-7-4-3-5-8-18)14-23(29)26-16-24(30)31/h3-10,15,19,21,28H,11-14,16-17H2,1-2H3,(H,26,29)(H,30,31)/t19-,21?,25?/m0/s1. The highest BCUT2D eigenvalue weighted by molar-refractivity contribution is 5.81. The van der Waals surface area contributed by atoms with Gasteiger partial charge < -0.3 is 20.4 Å². The largest absolute Gasteiger partial charge is 0.508 e. The maximum atomic E-state index is 12.5. The lowest BCUT2D eigenvalue weighted by Crippen LogP contribution is -2.47. The van der Waals surface area contributed by atoms with Crippen LogP contribution in [0.2, 0.25) is 0 Å². The Balaban J connectivity index is 1.87. The Hall–Kier alpha value is -2.86. The van der Waals surface area contributed by atoms with Gasteiger partial charge in [-0.15, -0.1) is 0 Å². The van der Waals surface area contributed by atoms with Crippen LogP contribution in [0.25, 0.3) is 0 Å². The third-order valence-corrected chi connectivity index (χ3v) is 6.66. The van der Waals surface area contributed by atoms with Crippen molar-refractivity contribution in [2.45, 2.75) is 37.5 Å². The number of phenolic OH excluding ortho intramolecular Hbond substituents is 1. The van der Waals surface area contributed by atoms with Crippen LogP contribution in [0.3, 0.4) is 0 Å². The second-order valence-corrected chi connectivity index (χ2v) is 8.89. The first-order valence-electron chi connectivity index (χ1n) is 10.8. The number of carboxylic acid groups (broad SMARTS) is 1. The summed E-state index contributed by atoms with van der Waals surface area (Å²) in [5, 5.41) is 21.5. The molecule has 3 rings (SSSR count). The fourth-order valence-corrected chi connectivity index (χ4v) is 4.75. The molecule has 2 aromatic carbocycles. The average Bonchev–Trinajstić information content (AvgIpc) is 2.75. The zero-order valence-corrected chi connectivity index (χ0v) is 18.3. The maximum Gasteiger partial charge on any atom is 0.322 e. The molecular formula is C25H32N2O4. The van der Waals surface area contributed by atoms with Crippen molar-refractivity contribution >= 4 is 11.9 Å². The summed E-state index contributed by atoms with van der Waals surface area (Å²) in [4.78, 5) is 25.7. The van der Waals surface area contributed by atoms with E-state index in [1.807, 2.05) is 42.5 Å². The molecule has 166 valence electrons. The van der Waals surface area contributed by atoms with Crippen molar-refractivity contribution in [3.8, 4) is 5.75 Å². The summed E-state index contributed by atoms with van der Waals surface area (Å²) in [6.07, 6.45) is 2.00. The first kappa shape index (κ1) is 22.8. The first-order chi connectivity index (χ1) is 14.8. The molecule has 0 spiro atoms. The lowest BCUT2D eigenvalue weighted by atomic mass is 9.64. The van der Waals surface area contributed by atoms with Crippen LogP contribution in [0.5, 0.6) is 5.75 Å². The molecule has 1 heterocycles. The number of piperidine rings is 1. The average molecular weight is 425 g/mol. The van der Waals surface area contributed by atoms with Gasteiger partial charge in [0.2, 0.25) is 5.91 Å². The number of benzene rings is 2. The molecule has 1 amide bonds. The topological polar surface area (TPSA) is 89.9 Å². The molecule has 0 radical (unpaired) electrons. The predicted molar refractivity (Wildman–Crippen MR) is 120 cm³/mol. The normalized spacial score (nSPS) is 22.6. The number of carboxylic acids is 1. The molecule has 1 fully saturated rings. The molecule has 3 N–H and O–H groups in total. The lowest BCUT2D eigenvalue weighted by molar-refractivity contribution is -0.138. The Morgan fingerprint density at radius 1 is 1.19 bits per heavy atom. The maximum absolute atomic E-state index is 12.5. The third kappa shape index (κ3) is 5.85. The van der Waals surface area contributed by atoms with Crippen molar-refractivity contribution in [3.05, 3.63) is 65.7 Å². The molecule has 6 nitrogen and oxygen atoms in total. The van der Waals surface area contributed by atoms with Gasteiger partial charge in [0.05, 0.1) is 0 Å². The van der Waals surface area contributed by atoms with Crippen LogP contribution in [0.1, 0.15) is 43.2 Å². The van der Waals surface area contributed by atoms with Gasteiger partial charge in [-0.25, -0.2) is 0 Å². The third-order valence-electron chi connectivity index (χ3n) is 6.66. The van der Waals surface area contributed by atoms with Crippen molar-refractivity contribution in [2.75, 3.05) is 26.7 Å². The predicted octanol–water partition coefficient (Wildman–Crippen LogP) is 3.37. The van der Waals surface area contributed by atoms with Crippen molar-refractivity contribution in [1.82, 2.24) is 10.2 Å². The van der Waals surface area contributed by atoms with E-state index in [9.17, 15) is 14.7 Å². The molecule has 0 saturated carbocycles. The molecule has 31 heavy (non-hydrogen) atoms. The summed E-state index contributed by atoms with van der Waals surface area (Å²) in [5.41, 5.74) is 2.07. The Labute approximate surface area is 183 Å². The van der Waals surface area contributed by atoms with Gasteiger partial charge >= 0.3 is 5.97 Å². The second-order valence-electron chi connectivity index (χ2n) is 8.89. The van der Waals surface area contributed by atoms with Crippen molar-refractivity contribution in [2.24, 2.45) is 5.92 Å². The highest BCUT2D eigenvalue weighted by atomic mass is 16.4. The van der Waals surface area contributed by atoms with Crippen molar-refractivity contribution in [3.63, 3.8) is 0 Å². The molecule has 0 bridgehead atoms. The number of likely N-dealkylation sites (tertiary alicyclic amines) is 1. The number of phenols is 1. The number of nitrogens with one attached hydrogen (secondary N) is 1. The van der Waals surface area contributed by atoms with E-state index in [0.29, 0.717) is 0 Å². The minimum absolute atomic E-state index is 0.0249. The molecular weight excluding hydrogens is 392 g/mol. The summed E-state index contributed by atoms with van der Waals surface area (Å²) in [7, 11) is 2.12. The number of hydrogen-bond acceptors (Lipinski definition) is 4. The second kappa shape index (κ2) is 9.96. The molecule has 1 saturated heterocycles. The van der Waals surface area contributed by atoms with Gasteiger partial charge in [-0.05, 0) is 66.9 Å². The van der Waals surface area contributed by atoms with Gasteiger partial charge in [-0.1, -0.05) is 49.4 Å². The number of aromatic hydroxyl groups is 1. The molecule has 3 atom stereocenters. The van der Waals surface area contributed by atoms with Crippen LogP contribution in [-0.2, 0) is 15.0 Å². The van der Waals surface area contributed by atoms with Crippen molar-refractivity contribution < 1.29 is 19.8 Å². The SMILES string of the molecule is CN1CCC(C)(c2cccc(O)c2)C(C[C@@H](CC(=O)NCC(=O)O)c2ccccc2)C1. The number of carbonyl (C=O) groups is 2. The molecule has 0 aliphatic carbocycles. The Bertz CT molecular complexity index is 901. The smallest absolute Gasteiger partial charge is 0.322 e. The molecule has 2 aromatic rings. The fourth-order valence-electron chi connectivity index (χ4n) is 4.75. The highest BCUT2D eigenvalue weighted by Gasteiger charge is 2.41. The number of carbonyl (C=O) groups excluding carboxylic acids is 1. The van der Waals surface area contributed by atoms with E-state index in [4.69, 9.17) is 5.11 Å². The summed E-state index contributed by atoms with van der Waals surface area (Å²) in [5.74, 6) is -0.785. The quantitative estimate of drug-likeness (QED) is 0.605. The van der Waals surface area contributed by atoms with Gasteiger partial charge in [0, 0.05) is 13.0 Å². The monoisotopic (exact) mass is 424 g/mol. The Kier molecular flexibility index (Phi) is 7.33. The molecule has 0 aromatic heterocycles. The molecule has 1 aliphatic rings. The van der Waals surface area contributed by atoms with Gasteiger partial charge in [-0.3, -0.25) is 9.59 Å². The zero-order chi connectivity index (χ0) is 22.4. The van der Waals surface area contributed by atoms with Gasteiger partial charge in [0.1, 0.15) is 12.3 Å². The molecule has 2 unspecified atom stereocenters. The van der Waals surface area contributed by atoms with E-state index >= 15 is 0 Å². The fraction of sp³-hybridized carbons (Fsp3) is 0.440. The summed E-state index contributed by atoms with van der Waals surface area (Å²) < 4.78 is 0. The van der Waals surface area contributed by atoms with Crippen LogP contribution >= 0.6 is 0 Å². The number of hydrogen-bond donors (Lipinski definition) is 3. The Morgan fingerprint density at radius 2 is 1.94 bits per heavy atom. The number of amides is 1. The van der Waals surface area contributed by atoms with E-state index < -0.39 is 5.97 Å². The molecule has 1 aliphatic heterocycles. The number of nitrogens with zero attached hydrogens (tertiary/aromatic N) is 1. The van der Waals surface area contributed by atoms with E-state index in [1.165, 1.54) is 0 Å². The summed E-state index contributed by atoms with van der Waals surface area (Å²) in [6.45, 7) is 3.75. The lowest BCUT2D eigenvalue weighted by Gasteiger charge is -2.46. The Morgan fingerprint density at radius 3 is 2.61 bits per heavy atom. The summed E-state index contributed by atoms with van der Waals surface area (Å²) in [6, 6.07) is 17.5. The van der Waals surface area contributed by atoms with E-state index in [0.717, 1.165) is 37.1 Å². The van der Waals surface area contributed by atoms with Crippen LogP contribution in [0, 0.1) is 5.92 Å². The van der Waals surface area contributed by atoms with Crippen molar-refractivity contribution in [1.29, 1.82) is 0 Å². The highest BCUT2D eigenvalue weighted by Crippen LogP contribution is 2.44. The number of aliphatic carboxylic acids is 1. The van der Waals surface area contributed by atoms with E-state index in [2.05, 4.69) is 30.3 Å². The molecule has 6 heteroatoms. The van der Waals surface area contributed by atoms with Gasteiger partial charge in [0.25, 0.3) is 0 Å². The van der Waals surface area contributed by atoms with Crippen LogP contribution in [0.15, 0.2) is 54.6 Å². The van der Waals surface area contributed by atoms with E-state index in [-0.39, 0.29) is 41.9 Å². The van der Waals surface area contributed by atoms with Gasteiger partial charge in [0.15, 0.2) is 0 Å². The van der Waals surface area contributed by atoms with Crippen LogP contribution in [0.4, 0.5) is 0 Å². The first-order valence-corrected chi connectivity index (χ1v) is 10.8. The minimum Gasteiger partial charge on any atom is -0.508 e. The summed E-state index contributed by atoms with van der Waals surface area (Å²) >= 11 is 0. The van der Waals surface area contributed by atoms with Gasteiger partial charge in [-0.2, -0.15) is 0 Å². The zero-order valence-electron chi connectivity index (χ0n) is 18.3. The minimum atomic E-state index is -1.05. The van der Waals surface area contributed by atoms with Crippen LogP contribution < -0.4 is 5.32 Å². The number of rotatable bonds is 8.